The van der Waals surface area contributed by atoms with Crippen LogP contribution in [0.25, 0.3) is 0 Å². The number of carboxylic acids is 1. The Hall–Kier alpha value is -2.25. The lowest BCUT2D eigenvalue weighted by atomic mass is 9.99. The van der Waals surface area contributed by atoms with Gasteiger partial charge in [0, 0.05) is 0 Å². The minimum absolute atomic E-state index is 0.342. The van der Waals surface area contributed by atoms with Crippen molar-refractivity contribution in [2.45, 2.75) is 30.4 Å². The molecule has 0 amide bonds. The van der Waals surface area contributed by atoms with Gasteiger partial charge in [-0.05, 0) is 35.6 Å². The smallest absolute Gasteiger partial charge is 0.335 e. The van der Waals surface area contributed by atoms with Crippen molar-refractivity contribution in [3.63, 3.8) is 0 Å². The molecular formula is C20H21N3O2S2. The van der Waals surface area contributed by atoms with Crippen LogP contribution in [0.3, 0.4) is 0 Å². The van der Waals surface area contributed by atoms with Crippen LogP contribution in [0.15, 0.2) is 54.9 Å². The van der Waals surface area contributed by atoms with E-state index in [9.17, 15) is 9.90 Å². The molecule has 0 saturated heterocycles. The summed E-state index contributed by atoms with van der Waals surface area (Å²) in [6.07, 6.45) is 2.98. The van der Waals surface area contributed by atoms with Crippen molar-refractivity contribution in [1.82, 2.24) is 14.8 Å². The highest BCUT2D eigenvalue weighted by Crippen LogP contribution is 2.33. The Morgan fingerprint density at radius 3 is 2.44 bits per heavy atom. The van der Waals surface area contributed by atoms with Gasteiger partial charge in [-0.2, -0.15) is 30.4 Å². The molecule has 0 unspecified atom stereocenters. The Bertz CT molecular complexity index is 936. The second-order valence-electron chi connectivity index (χ2n) is 6.39. The molecule has 0 aliphatic heterocycles. The summed E-state index contributed by atoms with van der Waals surface area (Å²) < 4.78 is 1.13. The normalized spacial score (nSPS) is 11.5. The average Bonchev–Trinajstić information content (AvgIpc) is 3.13. The highest BCUT2D eigenvalue weighted by Gasteiger charge is 2.25. The van der Waals surface area contributed by atoms with Gasteiger partial charge in [0.15, 0.2) is 5.82 Å². The molecule has 0 fully saturated rings. The summed E-state index contributed by atoms with van der Waals surface area (Å²) in [5.74, 6) is -0.306. The molecule has 140 valence electrons. The first kappa shape index (κ1) is 19.5. The van der Waals surface area contributed by atoms with Gasteiger partial charge >= 0.3 is 5.97 Å². The van der Waals surface area contributed by atoms with E-state index in [0.717, 1.165) is 23.1 Å². The third kappa shape index (κ3) is 4.73. The SMILES string of the molecule is CCC(S)(S)c1ncn(Cc2ccc(Cc3ccccc3C(=O)O)cc2)n1. The largest absolute Gasteiger partial charge is 0.478 e. The van der Waals surface area contributed by atoms with Crippen LogP contribution in [-0.4, -0.2) is 25.8 Å². The summed E-state index contributed by atoms with van der Waals surface area (Å²) in [7, 11) is 0. The van der Waals surface area contributed by atoms with E-state index in [0.29, 0.717) is 24.4 Å². The molecule has 2 aromatic carbocycles. The van der Waals surface area contributed by atoms with E-state index < -0.39 is 10.0 Å². The van der Waals surface area contributed by atoms with E-state index in [1.165, 1.54) is 0 Å². The van der Waals surface area contributed by atoms with Crippen LogP contribution in [0, 0.1) is 0 Å². The molecular weight excluding hydrogens is 378 g/mol. The predicted molar refractivity (Wildman–Crippen MR) is 112 cm³/mol. The monoisotopic (exact) mass is 399 g/mol. The van der Waals surface area contributed by atoms with Crippen LogP contribution in [-0.2, 0) is 17.0 Å². The number of nitrogens with zero attached hydrogens (tertiary/aromatic N) is 3. The molecule has 0 radical (unpaired) electrons. The third-order valence-electron chi connectivity index (χ3n) is 4.40. The molecule has 7 heteroatoms. The Labute approximate surface area is 169 Å². The van der Waals surface area contributed by atoms with Crippen molar-refractivity contribution >= 4 is 31.2 Å². The second kappa shape index (κ2) is 8.19. The standard InChI is InChI=1S/C20H21N3O2S2/c1-2-20(26,27)19-21-13-23(22-19)12-15-9-7-14(8-10-15)11-16-5-3-4-6-17(16)18(24)25/h3-10,13,26-27H,2,11-12H2,1H3,(H,24,25). The zero-order chi connectivity index (χ0) is 19.4. The van der Waals surface area contributed by atoms with Gasteiger partial charge < -0.3 is 5.11 Å². The van der Waals surface area contributed by atoms with Gasteiger partial charge in [0.05, 0.1) is 12.1 Å². The van der Waals surface area contributed by atoms with Crippen molar-refractivity contribution in [3.05, 3.63) is 82.9 Å². The van der Waals surface area contributed by atoms with E-state index in [2.05, 4.69) is 35.3 Å². The molecule has 0 aliphatic rings. The Kier molecular flexibility index (Phi) is 5.92. The Morgan fingerprint density at radius 1 is 1.11 bits per heavy atom. The van der Waals surface area contributed by atoms with Crippen LogP contribution in [0.2, 0.25) is 0 Å². The lowest BCUT2D eigenvalue weighted by molar-refractivity contribution is 0.0696. The molecule has 5 nitrogen and oxygen atoms in total. The first-order valence-corrected chi connectivity index (χ1v) is 9.52. The van der Waals surface area contributed by atoms with Gasteiger partial charge in [-0.25, -0.2) is 14.5 Å². The highest BCUT2D eigenvalue weighted by molar-refractivity contribution is 7.99. The summed E-state index contributed by atoms with van der Waals surface area (Å²) in [5.41, 5.74) is 3.29. The van der Waals surface area contributed by atoms with E-state index in [1.54, 1.807) is 23.1 Å². The van der Waals surface area contributed by atoms with E-state index in [-0.39, 0.29) is 0 Å². The van der Waals surface area contributed by atoms with Gasteiger partial charge in [-0.3, -0.25) is 0 Å². The maximum Gasteiger partial charge on any atom is 0.335 e. The van der Waals surface area contributed by atoms with Crippen LogP contribution in [0.5, 0.6) is 0 Å². The first-order valence-electron chi connectivity index (χ1n) is 8.62. The Morgan fingerprint density at radius 2 is 1.78 bits per heavy atom. The predicted octanol–water partition coefficient (Wildman–Crippen LogP) is 4.04. The first-order chi connectivity index (χ1) is 12.9. The fourth-order valence-electron chi connectivity index (χ4n) is 2.76. The molecule has 1 heterocycles. The highest BCUT2D eigenvalue weighted by atomic mass is 32.2. The lowest BCUT2D eigenvalue weighted by Crippen LogP contribution is -2.12. The second-order valence-corrected chi connectivity index (χ2v) is 8.27. The summed E-state index contributed by atoms with van der Waals surface area (Å²) in [4.78, 5) is 15.6. The average molecular weight is 400 g/mol. The summed E-state index contributed by atoms with van der Waals surface area (Å²) >= 11 is 8.97. The number of aromatic nitrogens is 3. The number of benzene rings is 2. The number of aromatic carboxylic acids is 1. The van der Waals surface area contributed by atoms with Crippen molar-refractivity contribution in [2.24, 2.45) is 0 Å². The van der Waals surface area contributed by atoms with E-state index >= 15 is 0 Å². The number of rotatable bonds is 7. The molecule has 1 N–H and O–H groups in total. The topological polar surface area (TPSA) is 68.0 Å². The molecule has 3 aromatic rings. The van der Waals surface area contributed by atoms with Crippen molar-refractivity contribution in [2.75, 3.05) is 0 Å². The molecule has 0 saturated carbocycles. The zero-order valence-electron chi connectivity index (χ0n) is 14.9. The van der Waals surface area contributed by atoms with Gasteiger partial charge in [0.2, 0.25) is 0 Å². The minimum Gasteiger partial charge on any atom is -0.478 e. The van der Waals surface area contributed by atoms with Gasteiger partial charge in [0.25, 0.3) is 0 Å². The molecule has 0 aliphatic carbocycles. The van der Waals surface area contributed by atoms with Crippen molar-refractivity contribution in [1.29, 1.82) is 0 Å². The minimum atomic E-state index is -0.902. The van der Waals surface area contributed by atoms with Gasteiger partial charge in [0.1, 0.15) is 10.4 Å². The summed E-state index contributed by atoms with van der Waals surface area (Å²) in [5, 5.41) is 13.8. The fraction of sp³-hybridized carbons (Fsp3) is 0.250. The molecule has 0 bridgehead atoms. The number of carbonyl (C=O) groups is 1. The molecule has 3 rings (SSSR count). The number of hydrogen-bond donors (Lipinski definition) is 3. The van der Waals surface area contributed by atoms with E-state index in [4.69, 9.17) is 0 Å². The quantitative estimate of drug-likeness (QED) is 0.414. The number of hydrogen-bond acceptors (Lipinski definition) is 5. The molecule has 0 spiro atoms. The van der Waals surface area contributed by atoms with Crippen LogP contribution in [0.1, 0.15) is 46.2 Å². The van der Waals surface area contributed by atoms with Crippen LogP contribution >= 0.6 is 25.3 Å². The lowest BCUT2D eigenvalue weighted by Gasteiger charge is -2.15. The summed E-state index contributed by atoms with van der Waals surface area (Å²) in [6.45, 7) is 2.59. The van der Waals surface area contributed by atoms with Crippen LogP contribution < -0.4 is 0 Å². The van der Waals surface area contributed by atoms with Crippen molar-refractivity contribution in [3.8, 4) is 0 Å². The van der Waals surface area contributed by atoms with Gasteiger partial charge in [-0.15, -0.1) is 0 Å². The van der Waals surface area contributed by atoms with Gasteiger partial charge in [-0.1, -0.05) is 49.4 Å². The van der Waals surface area contributed by atoms with E-state index in [1.807, 2.05) is 43.3 Å². The molecule has 1 aromatic heterocycles. The maximum absolute atomic E-state index is 11.3. The maximum atomic E-state index is 11.3. The Balaban J connectivity index is 1.70. The fourth-order valence-corrected chi connectivity index (χ4v) is 2.97. The number of carboxylic acid groups (broad SMARTS) is 1. The third-order valence-corrected chi connectivity index (χ3v) is 5.43. The summed E-state index contributed by atoms with van der Waals surface area (Å²) in [6, 6.07) is 15.2. The van der Waals surface area contributed by atoms with Crippen LogP contribution in [0.4, 0.5) is 0 Å². The number of thiol groups is 2. The zero-order valence-corrected chi connectivity index (χ0v) is 16.7. The molecule has 0 atom stereocenters. The molecule has 27 heavy (non-hydrogen) atoms. The van der Waals surface area contributed by atoms with Crippen molar-refractivity contribution < 1.29 is 9.90 Å².